The van der Waals surface area contributed by atoms with Crippen molar-refractivity contribution in [1.82, 2.24) is 29.5 Å². The molecule has 198 valence electrons. The van der Waals surface area contributed by atoms with Crippen molar-refractivity contribution in [3.05, 3.63) is 54.0 Å². The number of nitrogens with one attached hydrogen (secondary N) is 1. The number of anilines is 2. The van der Waals surface area contributed by atoms with Crippen LogP contribution < -0.4 is 11.1 Å². The predicted octanol–water partition coefficient (Wildman–Crippen LogP) is 2.48. The number of hydrogen-bond acceptors (Lipinski definition) is 7. The highest BCUT2D eigenvalue weighted by Gasteiger charge is 2.29. The molecule has 0 aliphatic carbocycles. The minimum absolute atomic E-state index is 0.123. The number of benzene rings is 1. The van der Waals surface area contributed by atoms with Gasteiger partial charge in [-0.15, -0.1) is 0 Å². The van der Waals surface area contributed by atoms with Crippen molar-refractivity contribution in [3.63, 3.8) is 0 Å². The molecule has 0 saturated carbocycles. The van der Waals surface area contributed by atoms with Gasteiger partial charge in [-0.25, -0.2) is 14.6 Å². The lowest BCUT2D eigenvalue weighted by molar-refractivity contribution is -0.129. The van der Waals surface area contributed by atoms with Gasteiger partial charge in [0.1, 0.15) is 12.1 Å². The number of carbonyl (C=O) groups excluding carboxylic acids is 3. The number of aryl methyl sites for hydroxylation is 1. The summed E-state index contributed by atoms with van der Waals surface area (Å²) in [6, 6.07) is 5.42. The number of rotatable bonds is 6. The first-order valence-corrected chi connectivity index (χ1v) is 12.9. The molecular formula is C27H32N8O3. The van der Waals surface area contributed by atoms with E-state index in [0.29, 0.717) is 36.2 Å². The van der Waals surface area contributed by atoms with Crippen LogP contribution in [0.3, 0.4) is 0 Å². The van der Waals surface area contributed by atoms with E-state index in [1.807, 2.05) is 24.0 Å². The van der Waals surface area contributed by atoms with E-state index in [-0.39, 0.29) is 29.4 Å². The van der Waals surface area contributed by atoms with E-state index in [9.17, 15) is 14.4 Å². The third-order valence-electron chi connectivity index (χ3n) is 7.32. The molecule has 2 aliphatic rings. The van der Waals surface area contributed by atoms with E-state index in [1.54, 1.807) is 15.6 Å². The van der Waals surface area contributed by atoms with E-state index >= 15 is 0 Å². The highest BCUT2D eigenvalue weighted by molar-refractivity contribution is 6.13. The fourth-order valence-electron chi connectivity index (χ4n) is 5.30. The molecule has 11 nitrogen and oxygen atoms in total. The molecule has 5 rings (SSSR count). The minimum Gasteiger partial charge on any atom is -0.383 e. The summed E-state index contributed by atoms with van der Waals surface area (Å²) in [7, 11) is 0. The van der Waals surface area contributed by atoms with Crippen molar-refractivity contribution < 1.29 is 14.4 Å². The fraction of sp³-hybridized carbons (Fsp3) is 0.407. The Balaban J connectivity index is 1.38. The Bertz CT molecular complexity index is 1410. The van der Waals surface area contributed by atoms with Gasteiger partial charge in [-0.2, -0.15) is 5.10 Å². The van der Waals surface area contributed by atoms with Crippen molar-refractivity contribution in [3.8, 4) is 0 Å². The Labute approximate surface area is 220 Å². The molecule has 2 aliphatic heterocycles. The highest BCUT2D eigenvalue weighted by Crippen LogP contribution is 2.29. The lowest BCUT2D eigenvalue weighted by atomic mass is 10.1. The number of nitrogens with zero attached hydrogens (tertiary/aromatic N) is 6. The summed E-state index contributed by atoms with van der Waals surface area (Å²) < 4.78 is 1.69. The predicted molar refractivity (Wildman–Crippen MR) is 143 cm³/mol. The normalized spacial score (nSPS) is 17.6. The number of hydrogen-bond donors (Lipinski definition) is 2. The molecule has 1 aromatic carbocycles. The van der Waals surface area contributed by atoms with Gasteiger partial charge in [0.15, 0.2) is 11.3 Å². The van der Waals surface area contributed by atoms with E-state index in [1.165, 1.54) is 12.4 Å². The number of amides is 3. The molecule has 11 heteroatoms. The molecule has 3 amide bonds. The number of aromatic nitrogens is 4. The van der Waals surface area contributed by atoms with E-state index in [2.05, 4.69) is 27.0 Å². The van der Waals surface area contributed by atoms with Crippen LogP contribution in [0.1, 0.15) is 53.3 Å². The van der Waals surface area contributed by atoms with Crippen LogP contribution in [0.25, 0.3) is 11.0 Å². The molecule has 38 heavy (non-hydrogen) atoms. The van der Waals surface area contributed by atoms with Crippen LogP contribution in [0.4, 0.5) is 11.5 Å². The van der Waals surface area contributed by atoms with Crippen molar-refractivity contribution >= 4 is 40.3 Å². The zero-order valence-corrected chi connectivity index (χ0v) is 21.5. The van der Waals surface area contributed by atoms with Crippen LogP contribution in [-0.4, -0.2) is 73.4 Å². The van der Waals surface area contributed by atoms with Gasteiger partial charge in [-0.05, 0) is 55.9 Å². The molecule has 0 bridgehead atoms. The number of nitrogen functional groups attached to an aromatic ring is 1. The number of fused-ring (bicyclic) bond motifs is 1. The first-order valence-electron chi connectivity index (χ1n) is 12.9. The zero-order chi connectivity index (χ0) is 26.8. The van der Waals surface area contributed by atoms with Gasteiger partial charge >= 0.3 is 0 Å². The first-order chi connectivity index (χ1) is 18.4. The highest BCUT2D eigenvalue weighted by atomic mass is 16.2. The van der Waals surface area contributed by atoms with E-state index in [4.69, 9.17) is 5.73 Å². The molecule has 3 aromatic rings. The molecule has 3 N–H and O–H groups in total. The summed E-state index contributed by atoms with van der Waals surface area (Å²) in [4.78, 5) is 50.3. The Hall–Kier alpha value is -4.28. The van der Waals surface area contributed by atoms with Gasteiger partial charge in [0.25, 0.3) is 5.91 Å². The van der Waals surface area contributed by atoms with Gasteiger partial charge in [0.05, 0.1) is 17.8 Å². The summed E-state index contributed by atoms with van der Waals surface area (Å²) in [5.74, 6) is -0.288. The summed E-state index contributed by atoms with van der Waals surface area (Å²) in [5.41, 5.74) is 9.11. The Morgan fingerprint density at radius 2 is 1.89 bits per heavy atom. The maximum atomic E-state index is 13.4. The summed E-state index contributed by atoms with van der Waals surface area (Å²) in [6.45, 7) is 8.20. The van der Waals surface area contributed by atoms with Gasteiger partial charge < -0.3 is 20.9 Å². The SMILES string of the molecule is C=CC(=O)N1CCC[C@@H](n2nc(C(=O)Nc3ccc(CC(=O)N4CCCC4)cc3C)c3c(N)ncnc32)C1. The number of nitrogens with two attached hydrogens (primary N) is 1. The number of carbonyl (C=O) groups is 3. The maximum Gasteiger partial charge on any atom is 0.277 e. The average Bonchev–Trinajstić information content (AvgIpc) is 3.59. The Morgan fingerprint density at radius 3 is 2.63 bits per heavy atom. The summed E-state index contributed by atoms with van der Waals surface area (Å²) in [5, 5.41) is 7.94. The lowest BCUT2D eigenvalue weighted by Crippen LogP contribution is -2.40. The quantitative estimate of drug-likeness (QED) is 0.480. The second-order valence-corrected chi connectivity index (χ2v) is 9.90. The van der Waals surface area contributed by atoms with E-state index in [0.717, 1.165) is 49.9 Å². The second kappa shape index (κ2) is 10.6. The Kier molecular flexibility index (Phi) is 7.08. The molecule has 4 heterocycles. The molecule has 0 unspecified atom stereocenters. The molecule has 1 atom stereocenters. The summed E-state index contributed by atoms with van der Waals surface area (Å²) >= 11 is 0. The van der Waals surface area contributed by atoms with Gasteiger partial charge in [0.2, 0.25) is 11.8 Å². The standard InChI is InChI=1S/C27H32N8O3/c1-3-21(36)34-12-6-7-19(15-34)35-26-23(25(28)29-16-30-26)24(32-35)27(38)31-20-9-8-18(13-17(20)2)14-22(37)33-10-4-5-11-33/h3,8-9,13,16,19H,1,4-7,10-12,14-15H2,2H3,(H,31,38)(H2,28,29,30)/t19-/m1/s1. The first kappa shape index (κ1) is 25.4. The molecular weight excluding hydrogens is 484 g/mol. The van der Waals surface area contributed by atoms with Crippen LogP contribution in [0.15, 0.2) is 37.2 Å². The van der Waals surface area contributed by atoms with Gasteiger partial charge in [0, 0.05) is 31.9 Å². The summed E-state index contributed by atoms with van der Waals surface area (Å²) in [6.07, 6.45) is 6.67. The molecule has 2 fully saturated rings. The van der Waals surface area contributed by atoms with Crippen molar-refractivity contribution in [1.29, 1.82) is 0 Å². The topological polar surface area (TPSA) is 139 Å². The smallest absolute Gasteiger partial charge is 0.277 e. The van der Waals surface area contributed by atoms with Crippen LogP contribution >= 0.6 is 0 Å². The largest absolute Gasteiger partial charge is 0.383 e. The maximum absolute atomic E-state index is 13.4. The lowest BCUT2D eigenvalue weighted by Gasteiger charge is -2.32. The van der Waals surface area contributed by atoms with Crippen molar-refractivity contribution in [2.75, 3.05) is 37.2 Å². The van der Waals surface area contributed by atoms with Crippen molar-refractivity contribution in [2.24, 2.45) is 0 Å². The molecule has 0 radical (unpaired) electrons. The number of piperidine rings is 1. The number of likely N-dealkylation sites (tertiary alicyclic amines) is 2. The van der Waals surface area contributed by atoms with Gasteiger partial charge in [-0.1, -0.05) is 18.7 Å². The van der Waals surface area contributed by atoms with Crippen LogP contribution in [0.5, 0.6) is 0 Å². The third kappa shape index (κ3) is 4.96. The Morgan fingerprint density at radius 1 is 1.13 bits per heavy atom. The zero-order valence-electron chi connectivity index (χ0n) is 21.5. The molecule has 2 saturated heterocycles. The minimum atomic E-state index is -0.436. The fourth-order valence-corrected chi connectivity index (χ4v) is 5.30. The van der Waals surface area contributed by atoms with Crippen LogP contribution in [0, 0.1) is 6.92 Å². The molecule has 0 spiro atoms. The second-order valence-electron chi connectivity index (χ2n) is 9.90. The van der Waals surface area contributed by atoms with Crippen LogP contribution in [-0.2, 0) is 16.0 Å². The van der Waals surface area contributed by atoms with E-state index < -0.39 is 5.91 Å². The average molecular weight is 517 g/mol. The van der Waals surface area contributed by atoms with Gasteiger partial charge in [-0.3, -0.25) is 14.4 Å². The monoisotopic (exact) mass is 516 g/mol. The van der Waals surface area contributed by atoms with Crippen molar-refractivity contribution in [2.45, 2.75) is 45.1 Å². The van der Waals surface area contributed by atoms with Crippen LogP contribution in [0.2, 0.25) is 0 Å². The molecule has 2 aromatic heterocycles. The third-order valence-corrected chi connectivity index (χ3v) is 7.32.